The van der Waals surface area contributed by atoms with Crippen LogP contribution in [-0.2, 0) is 12.7 Å². The molecule has 0 saturated heterocycles. The summed E-state index contributed by atoms with van der Waals surface area (Å²) in [5.41, 5.74) is -0.978. The lowest BCUT2D eigenvalue weighted by atomic mass is 10.1. The van der Waals surface area contributed by atoms with Gasteiger partial charge in [-0.25, -0.2) is 4.39 Å². The number of halogens is 4. The Morgan fingerprint density at radius 2 is 2.08 bits per heavy atom. The highest BCUT2D eigenvalue weighted by Gasteiger charge is 2.33. The average Bonchev–Trinajstić information content (AvgIpc) is 2.99. The van der Waals surface area contributed by atoms with Gasteiger partial charge in [0.25, 0.3) is 0 Å². The van der Waals surface area contributed by atoms with E-state index >= 15 is 0 Å². The third kappa shape index (κ3) is 5.03. The van der Waals surface area contributed by atoms with Gasteiger partial charge in [-0.1, -0.05) is 6.07 Å². The van der Waals surface area contributed by atoms with Crippen LogP contribution in [0, 0.1) is 5.82 Å². The SMILES string of the molecule is CN=C(NCc1ccc(F)cc1C(F)(F)F)NC1CCC(SC)C1. The van der Waals surface area contributed by atoms with Crippen molar-refractivity contribution in [3.05, 3.63) is 35.1 Å². The molecule has 2 atom stereocenters. The summed E-state index contributed by atoms with van der Waals surface area (Å²) < 4.78 is 52.1. The monoisotopic (exact) mass is 363 g/mol. The Bertz CT molecular complexity index is 589. The number of hydrogen-bond acceptors (Lipinski definition) is 2. The van der Waals surface area contributed by atoms with Crippen molar-refractivity contribution in [1.29, 1.82) is 0 Å². The first-order valence-electron chi connectivity index (χ1n) is 7.69. The molecule has 0 amide bonds. The van der Waals surface area contributed by atoms with E-state index < -0.39 is 17.6 Å². The molecule has 0 heterocycles. The Morgan fingerprint density at radius 3 is 2.67 bits per heavy atom. The largest absolute Gasteiger partial charge is 0.416 e. The van der Waals surface area contributed by atoms with Gasteiger partial charge in [-0.05, 0) is 43.2 Å². The average molecular weight is 363 g/mol. The van der Waals surface area contributed by atoms with Crippen molar-refractivity contribution >= 4 is 17.7 Å². The maximum Gasteiger partial charge on any atom is 0.416 e. The van der Waals surface area contributed by atoms with Gasteiger partial charge in [-0.3, -0.25) is 4.99 Å². The van der Waals surface area contributed by atoms with Crippen molar-refractivity contribution in [3.63, 3.8) is 0 Å². The van der Waals surface area contributed by atoms with Crippen LogP contribution in [0.3, 0.4) is 0 Å². The summed E-state index contributed by atoms with van der Waals surface area (Å²) in [6.07, 6.45) is 0.620. The van der Waals surface area contributed by atoms with E-state index in [2.05, 4.69) is 21.9 Å². The van der Waals surface area contributed by atoms with E-state index in [9.17, 15) is 17.6 Å². The molecule has 0 bridgehead atoms. The Balaban J connectivity index is 1.99. The van der Waals surface area contributed by atoms with Gasteiger partial charge in [0.15, 0.2) is 5.96 Å². The third-order valence-corrected chi connectivity index (χ3v) is 5.20. The fourth-order valence-electron chi connectivity index (χ4n) is 2.82. The molecule has 2 unspecified atom stereocenters. The summed E-state index contributed by atoms with van der Waals surface area (Å²) in [5.74, 6) is -0.443. The van der Waals surface area contributed by atoms with E-state index in [0.29, 0.717) is 17.3 Å². The fourth-order valence-corrected chi connectivity index (χ4v) is 3.62. The van der Waals surface area contributed by atoms with Crippen LogP contribution in [0.1, 0.15) is 30.4 Å². The molecule has 1 aliphatic carbocycles. The van der Waals surface area contributed by atoms with Crippen LogP contribution in [0.25, 0.3) is 0 Å². The number of hydrogen-bond donors (Lipinski definition) is 2. The highest BCUT2D eigenvalue weighted by Crippen LogP contribution is 2.32. The third-order valence-electron chi connectivity index (χ3n) is 4.11. The van der Waals surface area contributed by atoms with Crippen molar-refractivity contribution in [2.45, 2.75) is 43.3 Å². The molecule has 24 heavy (non-hydrogen) atoms. The van der Waals surface area contributed by atoms with Crippen LogP contribution in [0.15, 0.2) is 23.2 Å². The van der Waals surface area contributed by atoms with Crippen molar-refractivity contribution in [2.24, 2.45) is 4.99 Å². The zero-order valence-electron chi connectivity index (χ0n) is 13.6. The molecule has 2 N–H and O–H groups in total. The normalized spacial score (nSPS) is 21.8. The molecule has 3 nitrogen and oxygen atoms in total. The molecule has 1 saturated carbocycles. The summed E-state index contributed by atoms with van der Waals surface area (Å²) in [6.45, 7) is -0.0759. The van der Waals surface area contributed by atoms with Crippen molar-refractivity contribution in [1.82, 2.24) is 10.6 Å². The number of alkyl halides is 3. The van der Waals surface area contributed by atoms with Crippen molar-refractivity contribution in [2.75, 3.05) is 13.3 Å². The quantitative estimate of drug-likeness (QED) is 0.485. The van der Waals surface area contributed by atoms with E-state index in [-0.39, 0.29) is 18.2 Å². The van der Waals surface area contributed by atoms with Crippen LogP contribution in [0.5, 0.6) is 0 Å². The van der Waals surface area contributed by atoms with Gasteiger partial charge in [0.1, 0.15) is 5.82 Å². The van der Waals surface area contributed by atoms with Gasteiger partial charge < -0.3 is 10.6 Å². The maximum atomic E-state index is 13.1. The second-order valence-corrected chi connectivity index (χ2v) is 6.88. The molecular formula is C16H21F4N3S. The molecule has 0 aliphatic heterocycles. The highest BCUT2D eigenvalue weighted by atomic mass is 32.2. The van der Waals surface area contributed by atoms with E-state index in [1.165, 1.54) is 0 Å². The number of nitrogens with one attached hydrogen (secondary N) is 2. The Labute approximate surface area is 143 Å². The van der Waals surface area contributed by atoms with Crippen LogP contribution in [-0.4, -0.2) is 30.6 Å². The summed E-state index contributed by atoms with van der Waals surface area (Å²) in [5, 5.41) is 6.73. The second-order valence-electron chi connectivity index (χ2n) is 5.74. The number of aliphatic imine (C=N–C) groups is 1. The van der Waals surface area contributed by atoms with Crippen molar-refractivity contribution < 1.29 is 17.6 Å². The molecule has 1 aliphatic rings. The van der Waals surface area contributed by atoms with Crippen LogP contribution in [0.4, 0.5) is 17.6 Å². The van der Waals surface area contributed by atoms with E-state index in [1.807, 2.05) is 11.8 Å². The van der Waals surface area contributed by atoms with Crippen LogP contribution in [0.2, 0.25) is 0 Å². The molecule has 8 heteroatoms. The molecule has 134 valence electrons. The van der Waals surface area contributed by atoms with Crippen molar-refractivity contribution in [3.8, 4) is 0 Å². The van der Waals surface area contributed by atoms with E-state index in [1.54, 1.807) is 7.05 Å². The molecule has 1 aromatic rings. The van der Waals surface area contributed by atoms with Gasteiger partial charge >= 0.3 is 6.18 Å². The maximum absolute atomic E-state index is 13.1. The highest BCUT2D eigenvalue weighted by molar-refractivity contribution is 7.99. The minimum absolute atomic E-state index is 0.0136. The molecule has 0 radical (unpaired) electrons. The summed E-state index contributed by atoms with van der Waals surface area (Å²) in [4.78, 5) is 4.06. The zero-order chi connectivity index (χ0) is 17.7. The molecule has 0 spiro atoms. The zero-order valence-corrected chi connectivity index (χ0v) is 14.4. The Morgan fingerprint density at radius 1 is 1.33 bits per heavy atom. The standard InChI is InChI=1S/C16H21F4N3S/c1-21-15(23-12-5-6-13(8-12)24-2)22-9-10-3-4-11(17)7-14(10)16(18,19)20/h3-4,7,12-13H,5-6,8-9H2,1-2H3,(H2,21,22,23). The van der Waals surface area contributed by atoms with Gasteiger partial charge in [0.2, 0.25) is 0 Å². The number of rotatable bonds is 4. The van der Waals surface area contributed by atoms with Crippen LogP contribution < -0.4 is 10.6 Å². The molecule has 0 aromatic heterocycles. The van der Waals surface area contributed by atoms with E-state index in [4.69, 9.17) is 0 Å². The Kier molecular flexibility index (Phi) is 6.37. The lowest BCUT2D eigenvalue weighted by molar-refractivity contribution is -0.138. The van der Waals surface area contributed by atoms with Gasteiger partial charge in [-0.2, -0.15) is 24.9 Å². The molecule has 1 aromatic carbocycles. The minimum atomic E-state index is -4.59. The lowest BCUT2D eigenvalue weighted by Crippen LogP contribution is -2.42. The Hall–Kier alpha value is -1.44. The molecule has 2 rings (SSSR count). The number of thioether (sulfide) groups is 1. The van der Waals surface area contributed by atoms with Gasteiger partial charge in [0.05, 0.1) is 5.56 Å². The summed E-state index contributed by atoms with van der Waals surface area (Å²) >= 11 is 1.83. The second kappa shape index (κ2) is 8.09. The fraction of sp³-hybridized carbons (Fsp3) is 0.562. The van der Waals surface area contributed by atoms with Crippen LogP contribution >= 0.6 is 11.8 Å². The van der Waals surface area contributed by atoms with E-state index in [0.717, 1.165) is 31.4 Å². The predicted octanol–water partition coefficient (Wildman–Crippen LogP) is 3.79. The predicted molar refractivity (Wildman–Crippen MR) is 89.7 cm³/mol. The topological polar surface area (TPSA) is 36.4 Å². The van der Waals surface area contributed by atoms with Gasteiger partial charge in [0, 0.05) is 24.9 Å². The van der Waals surface area contributed by atoms with Gasteiger partial charge in [-0.15, -0.1) is 0 Å². The first-order chi connectivity index (χ1) is 11.3. The summed E-state index contributed by atoms with van der Waals surface area (Å²) in [6, 6.07) is 2.97. The lowest BCUT2D eigenvalue weighted by Gasteiger charge is -2.19. The first kappa shape index (κ1) is 18.9. The summed E-state index contributed by atoms with van der Waals surface area (Å²) in [7, 11) is 1.58. The minimum Gasteiger partial charge on any atom is -0.354 e. The molecular weight excluding hydrogens is 342 g/mol. The first-order valence-corrected chi connectivity index (χ1v) is 8.98. The number of nitrogens with zero attached hydrogens (tertiary/aromatic N) is 1. The molecule has 1 fully saturated rings. The smallest absolute Gasteiger partial charge is 0.354 e. The number of guanidine groups is 1. The number of benzene rings is 1.